The maximum Gasteiger partial charge on any atom is 0.200 e. The van der Waals surface area contributed by atoms with Crippen LogP contribution in [0.1, 0.15) is 22.2 Å². The van der Waals surface area contributed by atoms with E-state index in [2.05, 4.69) is 10.3 Å². The Balaban J connectivity index is 1.64. The smallest absolute Gasteiger partial charge is 0.200 e. The van der Waals surface area contributed by atoms with E-state index in [1.54, 1.807) is 13.4 Å². The van der Waals surface area contributed by atoms with Crippen molar-refractivity contribution >= 4 is 5.78 Å². The van der Waals surface area contributed by atoms with Crippen LogP contribution in [-0.4, -0.2) is 22.4 Å². The highest BCUT2D eigenvalue weighted by Crippen LogP contribution is 2.30. The lowest BCUT2D eigenvalue weighted by Gasteiger charge is -2.11. The highest BCUT2D eigenvalue weighted by atomic mass is 19.1. The summed E-state index contributed by atoms with van der Waals surface area (Å²) in [6.45, 7) is 0.541. The Morgan fingerprint density at radius 2 is 1.92 bits per heavy atom. The van der Waals surface area contributed by atoms with Crippen molar-refractivity contribution < 1.29 is 13.9 Å². The van der Waals surface area contributed by atoms with Gasteiger partial charge in [-0.15, -0.1) is 0 Å². The standard InChI is InChI=1S/C19H16FN3O2/c1-25-15-8-4-12(5-9-15)17-16-10-21-19(23(16)11-22-17)18(24)13-2-6-14(20)7-3-13/h2-9,11,19,21H,10H2,1H3. The summed E-state index contributed by atoms with van der Waals surface area (Å²) in [5, 5.41) is 3.20. The topological polar surface area (TPSA) is 56.1 Å². The lowest BCUT2D eigenvalue weighted by molar-refractivity contribution is 0.0914. The van der Waals surface area contributed by atoms with E-state index in [-0.39, 0.29) is 11.6 Å². The van der Waals surface area contributed by atoms with Crippen molar-refractivity contribution in [2.24, 2.45) is 0 Å². The first-order chi connectivity index (χ1) is 12.2. The molecule has 2 heterocycles. The lowest BCUT2D eigenvalue weighted by atomic mass is 10.1. The molecule has 4 rings (SSSR count). The minimum absolute atomic E-state index is 0.113. The molecule has 1 N–H and O–H groups in total. The number of ketones is 1. The van der Waals surface area contributed by atoms with Gasteiger partial charge in [-0.2, -0.15) is 0 Å². The van der Waals surface area contributed by atoms with Crippen LogP contribution in [0.15, 0.2) is 54.9 Å². The monoisotopic (exact) mass is 337 g/mol. The van der Waals surface area contributed by atoms with Crippen LogP contribution in [-0.2, 0) is 6.54 Å². The largest absolute Gasteiger partial charge is 0.497 e. The van der Waals surface area contributed by atoms with Crippen LogP contribution in [0.3, 0.4) is 0 Å². The number of fused-ring (bicyclic) bond motifs is 1. The number of imidazole rings is 1. The van der Waals surface area contributed by atoms with Gasteiger partial charge in [-0.25, -0.2) is 9.37 Å². The third-order valence-corrected chi connectivity index (χ3v) is 4.38. The Bertz CT molecular complexity index is 917. The van der Waals surface area contributed by atoms with Gasteiger partial charge in [0, 0.05) is 17.7 Å². The van der Waals surface area contributed by atoms with E-state index in [4.69, 9.17) is 4.74 Å². The molecule has 6 heteroatoms. The van der Waals surface area contributed by atoms with E-state index < -0.39 is 6.17 Å². The van der Waals surface area contributed by atoms with Gasteiger partial charge in [-0.1, -0.05) is 0 Å². The van der Waals surface area contributed by atoms with Gasteiger partial charge in [0.15, 0.2) is 5.78 Å². The fourth-order valence-electron chi connectivity index (χ4n) is 3.06. The Kier molecular flexibility index (Phi) is 3.82. The molecule has 126 valence electrons. The summed E-state index contributed by atoms with van der Waals surface area (Å²) in [7, 11) is 1.62. The van der Waals surface area contributed by atoms with Crippen molar-refractivity contribution in [2.75, 3.05) is 7.11 Å². The molecule has 0 saturated heterocycles. The molecule has 5 nitrogen and oxygen atoms in total. The van der Waals surface area contributed by atoms with Gasteiger partial charge in [0.2, 0.25) is 0 Å². The van der Waals surface area contributed by atoms with Crippen LogP contribution in [0.25, 0.3) is 11.3 Å². The summed E-state index contributed by atoms with van der Waals surface area (Å²) in [6.07, 6.45) is 1.14. The number of carbonyl (C=O) groups excluding carboxylic acids is 1. The van der Waals surface area contributed by atoms with Gasteiger partial charge in [0.25, 0.3) is 0 Å². The zero-order valence-electron chi connectivity index (χ0n) is 13.6. The van der Waals surface area contributed by atoms with Crippen LogP contribution in [0.2, 0.25) is 0 Å². The average Bonchev–Trinajstić information content (AvgIpc) is 3.24. The Morgan fingerprint density at radius 1 is 1.20 bits per heavy atom. The molecular formula is C19H16FN3O2. The maximum atomic E-state index is 13.1. The van der Waals surface area contributed by atoms with Crippen molar-refractivity contribution in [1.82, 2.24) is 14.9 Å². The van der Waals surface area contributed by atoms with Gasteiger partial charge in [0.1, 0.15) is 17.7 Å². The van der Waals surface area contributed by atoms with Gasteiger partial charge in [0.05, 0.1) is 24.8 Å². The molecule has 2 aromatic carbocycles. The molecule has 0 bridgehead atoms. The minimum Gasteiger partial charge on any atom is -0.497 e. The van der Waals surface area contributed by atoms with Gasteiger partial charge >= 0.3 is 0 Å². The molecule has 0 radical (unpaired) electrons. The number of hydrogen-bond acceptors (Lipinski definition) is 4. The zero-order chi connectivity index (χ0) is 17.4. The number of hydrogen-bond donors (Lipinski definition) is 1. The number of carbonyl (C=O) groups is 1. The minimum atomic E-state index is -0.528. The predicted molar refractivity (Wildman–Crippen MR) is 90.8 cm³/mol. The van der Waals surface area contributed by atoms with Crippen molar-refractivity contribution in [1.29, 1.82) is 0 Å². The summed E-state index contributed by atoms with van der Waals surface area (Å²) in [5.74, 6) is 0.306. The number of benzene rings is 2. The molecule has 3 aromatic rings. The summed E-state index contributed by atoms with van der Waals surface area (Å²) >= 11 is 0. The summed E-state index contributed by atoms with van der Waals surface area (Å²) in [4.78, 5) is 17.2. The van der Waals surface area contributed by atoms with Crippen LogP contribution < -0.4 is 10.1 Å². The van der Waals surface area contributed by atoms with E-state index in [1.807, 2.05) is 28.8 Å². The SMILES string of the molecule is COc1ccc(-c2ncn3c2CNC3C(=O)c2ccc(F)cc2)cc1. The number of methoxy groups -OCH3 is 1. The number of ether oxygens (including phenoxy) is 1. The molecule has 1 atom stereocenters. The Morgan fingerprint density at radius 3 is 2.60 bits per heavy atom. The molecule has 1 aliphatic heterocycles. The van der Waals surface area contributed by atoms with Crippen LogP contribution in [0.4, 0.5) is 4.39 Å². The second kappa shape index (κ2) is 6.14. The van der Waals surface area contributed by atoms with Crippen LogP contribution in [0.5, 0.6) is 5.75 Å². The fourth-order valence-corrected chi connectivity index (χ4v) is 3.06. The summed E-state index contributed by atoms with van der Waals surface area (Å²) in [6, 6.07) is 13.2. The summed E-state index contributed by atoms with van der Waals surface area (Å²) < 4.78 is 20.1. The summed E-state index contributed by atoms with van der Waals surface area (Å²) in [5.41, 5.74) is 3.22. The molecule has 1 unspecified atom stereocenters. The Labute approximate surface area is 144 Å². The second-order valence-electron chi connectivity index (χ2n) is 5.83. The van der Waals surface area contributed by atoms with E-state index in [0.29, 0.717) is 12.1 Å². The van der Waals surface area contributed by atoms with E-state index in [1.165, 1.54) is 24.3 Å². The normalized spacial score (nSPS) is 15.8. The lowest BCUT2D eigenvalue weighted by Crippen LogP contribution is -2.26. The van der Waals surface area contributed by atoms with E-state index in [0.717, 1.165) is 22.7 Å². The van der Waals surface area contributed by atoms with Crippen molar-refractivity contribution in [3.05, 3.63) is 71.9 Å². The number of aromatic nitrogens is 2. The molecule has 0 fully saturated rings. The number of nitrogens with one attached hydrogen (secondary N) is 1. The first kappa shape index (κ1) is 15.5. The van der Waals surface area contributed by atoms with E-state index >= 15 is 0 Å². The molecule has 0 amide bonds. The molecule has 0 saturated carbocycles. The predicted octanol–water partition coefficient (Wildman–Crippen LogP) is 3.18. The number of rotatable bonds is 4. The van der Waals surface area contributed by atoms with Crippen molar-refractivity contribution in [3.63, 3.8) is 0 Å². The zero-order valence-corrected chi connectivity index (χ0v) is 13.6. The average molecular weight is 337 g/mol. The fraction of sp³-hybridized carbons (Fsp3) is 0.158. The first-order valence-corrected chi connectivity index (χ1v) is 7.90. The van der Waals surface area contributed by atoms with Crippen LogP contribution in [0, 0.1) is 5.82 Å². The second-order valence-corrected chi connectivity index (χ2v) is 5.83. The van der Waals surface area contributed by atoms with Gasteiger partial charge in [-0.3, -0.25) is 10.1 Å². The van der Waals surface area contributed by atoms with Gasteiger partial charge < -0.3 is 9.30 Å². The molecular weight excluding hydrogens is 321 g/mol. The quantitative estimate of drug-likeness (QED) is 0.743. The Hall–Kier alpha value is -2.99. The molecule has 0 aliphatic carbocycles. The number of nitrogens with zero attached hydrogens (tertiary/aromatic N) is 2. The molecule has 1 aromatic heterocycles. The third kappa shape index (κ3) is 2.70. The van der Waals surface area contributed by atoms with Gasteiger partial charge in [-0.05, 0) is 48.5 Å². The molecule has 1 aliphatic rings. The number of Topliss-reactive ketones (excluding diaryl/α,β-unsaturated/α-hetero) is 1. The highest BCUT2D eigenvalue weighted by molar-refractivity contribution is 5.99. The molecule has 25 heavy (non-hydrogen) atoms. The molecule has 0 spiro atoms. The highest BCUT2D eigenvalue weighted by Gasteiger charge is 2.31. The number of halogens is 1. The maximum absolute atomic E-state index is 13.1. The van der Waals surface area contributed by atoms with E-state index in [9.17, 15) is 9.18 Å². The van der Waals surface area contributed by atoms with Crippen LogP contribution >= 0.6 is 0 Å². The van der Waals surface area contributed by atoms with Crippen molar-refractivity contribution in [3.8, 4) is 17.0 Å². The first-order valence-electron chi connectivity index (χ1n) is 7.90. The van der Waals surface area contributed by atoms with Crippen molar-refractivity contribution in [2.45, 2.75) is 12.7 Å². The third-order valence-electron chi connectivity index (χ3n) is 4.38.